The van der Waals surface area contributed by atoms with Crippen LogP contribution in [0.4, 0.5) is 11.4 Å². The van der Waals surface area contributed by atoms with E-state index in [1.165, 1.54) is 12.8 Å². The lowest BCUT2D eigenvalue weighted by Gasteiger charge is -2.12. The Morgan fingerprint density at radius 3 is 3.06 bits per heavy atom. The van der Waals surface area contributed by atoms with E-state index in [0.717, 1.165) is 18.8 Å². The zero-order valence-corrected chi connectivity index (χ0v) is 9.90. The topological polar surface area (TPSA) is 67.2 Å². The smallest absolute Gasteiger partial charge is 0.274 e. The lowest BCUT2D eigenvalue weighted by Crippen LogP contribution is -2.29. The van der Waals surface area contributed by atoms with Gasteiger partial charge in [0.1, 0.15) is 0 Å². The summed E-state index contributed by atoms with van der Waals surface area (Å²) in [6.07, 6.45) is 2.38. The summed E-state index contributed by atoms with van der Waals surface area (Å²) in [6, 6.07) is 5.75. The molecule has 0 aliphatic carbocycles. The van der Waals surface area contributed by atoms with Crippen molar-refractivity contribution in [2.45, 2.75) is 25.8 Å². The minimum absolute atomic E-state index is 0.175. The molecule has 1 aliphatic rings. The number of benzene rings is 1. The molecule has 5 nitrogen and oxygen atoms in total. The third-order valence-corrected chi connectivity index (χ3v) is 3.12. The van der Waals surface area contributed by atoms with E-state index < -0.39 is 0 Å². The molecule has 0 radical (unpaired) electrons. The lowest BCUT2D eigenvalue weighted by atomic mass is 10.1. The Hall–Kier alpha value is -1.62. The number of hydrogen-bond acceptors (Lipinski definition) is 4. The third-order valence-electron chi connectivity index (χ3n) is 3.12. The van der Waals surface area contributed by atoms with Crippen LogP contribution in [0.15, 0.2) is 18.2 Å². The highest BCUT2D eigenvalue weighted by molar-refractivity contribution is 5.54. The van der Waals surface area contributed by atoms with Crippen LogP contribution < -0.4 is 10.6 Å². The Bertz CT molecular complexity index is 414. The van der Waals surface area contributed by atoms with Crippen LogP contribution in [-0.2, 0) is 0 Å². The number of nitro groups is 1. The number of nitro benzene ring substituents is 1. The SMILES string of the molecule is Cc1ccc(NCC2CCCN2)cc1[N+](=O)[O-]. The average molecular weight is 235 g/mol. The maximum atomic E-state index is 10.8. The van der Waals surface area contributed by atoms with Gasteiger partial charge in [0, 0.05) is 29.9 Å². The van der Waals surface area contributed by atoms with Crippen LogP contribution >= 0.6 is 0 Å². The molecule has 1 aliphatic heterocycles. The summed E-state index contributed by atoms with van der Waals surface area (Å²) >= 11 is 0. The fourth-order valence-electron chi connectivity index (χ4n) is 2.09. The molecular formula is C12H17N3O2. The zero-order chi connectivity index (χ0) is 12.3. The summed E-state index contributed by atoms with van der Waals surface area (Å²) in [5.74, 6) is 0. The second-order valence-electron chi connectivity index (χ2n) is 4.43. The second kappa shape index (κ2) is 5.14. The molecule has 0 amide bonds. The maximum Gasteiger partial charge on any atom is 0.274 e. The molecule has 0 aromatic heterocycles. The van der Waals surface area contributed by atoms with Gasteiger partial charge in [0.25, 0.3) is 5.69 Å². The molecule has 5 heteroatoms. The standard InChI is InChI=1S/C12H17N3O2/c1-9-4-5-10(7-12(9)15(16)17)14-8-11-3-2-6-13-11/h4-5,7,11,13-14H,2-3,6,8H2,1H3. The average Bonchev–Trinajstić information content (AvgIpc) is 2.80. The van der Waals surface area contributed by atoms with Gasteiger partial charge in [0.15, 0.2) is 0 Å². The summed E-state index contributed by atoms with van der Waals surface area (Å²) in [6.45, 7) is 3.64. The molecular weight excluding hydrogens is 218 g/mol. The highest BCUT2D eigenvalue weighted by atomic mass is 16.6. The van der Waals surface area contributed by atoms with Crippen molar-refractivity contribution in [2.24, 2.45) is 0 Å². The van der Waals surface area contributed by atoms with Gasteiger partial charge in [-0.25, -0.2) is 0 Å². The Labute approximate surface area is 100 Å². The molecule has 1 aromatic carbocycles. The summed E-state index contributed by atoms with van der Waals surface area (Å²) in [5, 5.41) is 17.4. The van der Waals surface area contributed by atoms with Crippen molar-refractivity contribution < 1.29 is 4.92 Å². The van der Waals surface area contributed by atoms with Crippen molar-refractivity contribution in [3.8, 4) is 0 Å². The fraction of sp³-hybridized carbons (Fsp3) is 0.500. The first kappa shape index (κ1) is 11.9. The first-order valence-corrected chi connectivity index (χ1v) is 5.89. The van der Waals surface area contributed by atoms with E-state index in [9.17, 15) is 10.1 Å². The van der Waals surface area contributed by atoms with Crippen molar-refractivity contribution in [2.75, 3.05) is 18.4 Å². The number of aryl methyl sites for hydroxylation is 1. The van der Waals surface area contributed by atoms with Gasteiger partial charge in [-0.3, -0.25) is 10.1 Å². The van der Waals surface area contributed by atoms with Gasteiger partial charge >= 0.3 is 0 Å². The maximum absolute atomic E-state index is 10.8. The molecule has 1 fully saturated rings. The van der Waals surface area contributed by atoms with Gasteiger partial charge in [0.2, 0.25) is 0 Å². The number of nitrogens with zero attached hydrogens (tertiary/aromatic N) is 1. The summed E-state index contributed by atoms with van der Waals surface area (Å²) in [5.41, 5.74) is 1.69. The molecule has 1 atom stereocenters. The monoisotopic (exact) mass is 235 g/mol. The fourth-order valence-corrected chi connectivity index (χ4v) is 2.09. The Morgan fingerprint density at radius 2 is 2.41 bits per heavy atom. The number of anilines is 1. The minimum Gasteiger partial charge on any atom is -0.383 e. The Morgan fingerprint density at radius 1 is 1.59 bits per heavy atom. The molecule has 1 heterocycles. The molecule has 92 valence electrons. The molecule has 0 spiro atoms. The molecule has 1 aromatic rings. The molecule has 1 saturated heterocycles. The van der Waals surface area contributed by atoms with Crippen LogP contribution in [0.3, 0.4) is 0 Å². The lowest BCUT2D eigenvalue weighted by molar-refractivity contribution is -0.385. The largest absolute Gasteiger partial charge is 0.383 e. The van der Waals surface area contributed by atoms with Crippen molar-refractivity contribution in [1.29, 1.82) is 0 Å². The summed E-state index contributed by atoms with van der Waals surface area (Å²) < 4.78 is 0. The quantitative estimate of drug-likeness (QED) is 0.619. The van der Waals surface area contributed by atoms with E-state index in [1.54, 1.807) is 19.1 Å². The van der Waals surface area contributed by atoms with Crippen molar-refractivity contribution >= 4 is 11.4 Å². The molecule has 2 rings (SSSR count). The van der Waals surface area contributed by atoms with Gasteiger partial charge in [-0.2, -0.15) is 0 Å². The molecule has 2 N–H and O–H groups in total. The number of rotatable bonds is 4. The summed E-state index contributed by atoms with van der Waals surface area (Å²) in [7, 11) is 0. The first-order chi connectivity index (χ1) is 8.16. The zero-order valence-electron chi connectivity index (χ0n) is 9.90. The predicted octanol–water partition coefficient (Wildman–Crippen LogP) is 2.07. The van der Waals surface area contributed by atoms with Gasteiger partial charge in [-0.1, -0.05) is 6.07 Å². The first-order valence-electron chi connectivity index (χ1n) is 5.89. The Kier molecular flexibility index (Phi) is 3.58. The van der Waals surface area contributed by atoms with Crippen LogP contribution in [-0.4, -0.2) is 24.1 Å². The summed E-state index contributed by atoms with van der Waals surface area (Å²) in [4.78, 5) is 10.5. The van der Waals surface area contributed by atoms with Gasteiger partial charge in [0.05, 0.1) is 4.92 Å². The number of nitrogens with one attached hydrogen (secondary N) is 2. The van der Waals surface area contributed by atoms with Crippen LogP contribution in [0.25, 0.3) is 0 Å². The van der Waals surface area contributed by atoms with E-state index in [2.05, 4.69) is 10.6 Å². The second-order valence-corrected chi connectivity index (χ2v) is 4.43. The molecule has 1 unspecified atom stereocenters. The van der Waals surface area contributed by atoms with Crippen LogP contribution in [0.5, 0.6) is 0 Å². The number of hydrogen-bond donors (Lipinski definition) is 2. The van der Waals surface area contributed by atoms with Crippen LogP contribution in [0.1, 0.15) is 18.4 Å². The third kappa shape index (κ3) is 2.94. The van der Waals surface area contributed by atoms with Crippen molar-refractivity contribution in [1.82, 2.24) is 5.32 Å². The predicted molar refractivity (Wildman–Crippen MR) is 67.3 cm³/mol. The van der Waals surface area contributed by atoms with Crippen molar-refractivity contribution in [3.05, 3.63) is 33.9 Å². The van der Waals surface area contributed by atoms with Crippen LogP contribution in [0.2, 0.25) is 0 Å². The Balaban J connectivity index is 2.00. The normalized spacial score (nSPS) is 19.2. The van der Waals surface area contributed by atoms with Crippen LogP contribution in [0, 0.1) is 17.0 Å². The van der Waals surface area contributed by atoms with Gasteiger partial charge in [-0.05, 0) is 32.4 Å². The molecule has 17 heavy (non-hydrogen) atoms. The van der Waals surface area contributed by atoms with E-state index in [0.29, 0.717) is 11.6 Å². The highest BCUT2D eigenvalue weighted by Crippen LogP contribution is 2.22. The van der Waals surface area contributed by atoms with E-state index in [1.807, 2.05) is 6.07 Å². The van der Waals surface area contributed by atoms with E-state index >= 15 is 0 Å². The molecule has 0 bridgehead atoms. The van der Waals surface area contributed by atoms with E-state index in [4.69, 9.17) is 0 Å². The van der Waals surface area contributed by atoms with Gasteiger partial charge in [-0.15, -0.1) is 0 Å². The molecule has 0 saturated carbocycles. The van der Waals surface area contributed by atoms with E-state index in [-0.39, 0.29) is 10.6 Å². The van der Waals surface area contributed by atoms with Crippen molar-refractivity contribution in [3.63, 3.8) is 0 Å². The van der Waals surface area contributed by atoms with Gasteiger partial charge < -0.3 is 10.6 Å². The minimum atomic E-state index is -0.339. The highest BCUT2D eigenvalue weighted by Gasteiger charge is 2.14.